The molecule has 138 valence electrons. The molecule has 3 heterocycles. The SMILES string of the molecule is O=C(C1CNNC1c1cccs1)N1CCC(Oc2ccc(F)cc2)CC1. The molecule has 2 saturated heterocycles. The first-order valence-electron chi connectivity index (χ1n) is 8.93. The summed E-state index contributed by atoms with van der Waals surface area (Å²) in [6, 6.07) is 10.2. The molecule has 0 aliphatic carbocycles. The first-order chi connectivity index (χ1) is 12.7. The molecule has 2 fully saturated rings. The van der Waals surface area contributed by atoms with Crippen molar-refractivity contribution in [2.75, 3.05) is 19.6 Å². The van der Waals surface area contributed by atoms with Gasteiger partial charge in [-0.3, -0.25) is 10.2 Å². The number of piperidine rings is 1. The standard InChI is InChI=1S/C19H22FN3O2S/c20-13-3-5-14(6-4-13)25-15-7-9-23(10-8-15)19(24)16-12-21-22-18(16)17-2-1-11-26-17/h1-6,11,15-16,18,21-22H,7-10,12H2. The van der Waals surface area contributed by atoms with Gasteiger partial charge in [0.2, 0.25) is 5.91 Å². The summed E-state index contributed by atoms with van der Waals surface area (Å²) in [7, 11) is 0. The lowest BCUT2D eigenvalue weighted by Crippen LogP contribution is -2.45. The quantitative estimate of drug-likeness (QED) is 0.863. The van der Waals surface area contributed by atoms with Crippen LogP contribution in [-0.2, 0) is 4.79 Å². The van der Waals surface area contributed by atoms with Crippen LogP contribution in [0.2, 0.25) is 0 Å². The van der Waals surface area contributed by atoms with E-state index < -0.39 is 0 Å². The van der Waals surface area contributed by atoms with Crippen LogP contribution >= 0.6 is 11.3 Å². The van der Waals surface area contributed by atoms with Gasteiger partial charge in [-0.25, -0.2) is 9.82 Å². The molecule has 0 saturated carbocycles. The molecular formula is C19H22FN3O2S. The second-order valence-corrected chi connectivity index (χ2v) is 7.70. The van der Waals surface area contributed by atoms with Crippen molar-refractivity contribution in [2.24, 2.45) is 5.92 Å². The van der Waals surface area contributed by atoms with Gasteiger partial charge < -0.3 is 9.64 Å². The summed E-state index contributed by atoms with van der Waals surface area (Å²) in [4.78, 5) is 16.1. The Kier molecular flexibility index (Phi) is 5.19. The number of likely N-dealkylation sites (tertiary alicyclic amines) is 1. The maximum absolute atomic E-state index is 13.0. The van der Waals surface area contributed by atoms with E-state index in [-0.39, 0.29) is 29.8 Å². The van der Waals surface area contributed by atoms with Crippen molar-refractivity contribution < 1.29 is 13.9 Å². The Morgan fingerprint density at radius 2 is 1.96 bits per heavy atom. The Labute approximate surface area is 156 Å². The zero-order valence-corrected chi connectivity index (χ0v) is 15.2. The fourth-order valence-electron chi connectivity index (χ4n) is 3.60. The smallest absolute Gasteiger partial charge is 0.229 e. The second-order valence-electron chi connectivity index (χ2n) is 6.72. The van der Waals surface area contributed by atoms with E-state index in [2.05, 4.69) is 16.9 Å². The maximum Gasteiger partial charge on any atom is 0.229 e. The van der Waals surface area contributed by atoms with Crippen molar-refractivity contribution in [3.63, 3.8) is 0 Å². The van der Waals surface area contributed by atoms with Crippen molar-refractivity contribution in [1.29, 1.82) is 0 Å². The Morgan fingerprint density at radius 1 is 1.19 bits per heavy atom. The van der Waals surface area contributed by atoms with Gasteiger partial charge in [0.1, 0.15) is 17.7 Å². The van der Waals surface area contributed by atoms with Crippen molar-refractivity contribution in [3.05, 3.63) is 52.5 Å². The highest BCUT2D eigenvalue weighted by Gasteiger charge is 2.38. The number of rotatable bonds is 4. The van der Waals surface area contributed by atoms with Crippen molar-refractivity contribution in [2.45, 2.75) is 25.0 Å². The molecule has 1 amide bonds. The zero-order valence-electron chi connectivity index (χ0n) is 14.4. The number of hydrogen-bond donors (Lipinski definition) is 2. The number of hydrazine groups is 1. The molecular weight excluding hydrogens is 353 g/mol. The van der Waals surface area contributed by atoms with Crippen molar-refractivity contribution in [3.8, 4) is 5.75 Å². The third-order valence-electron chi connectivity index (χ3n) is 5.02. The summed E-state index contributed by atoms with van der Waals surface area (Å²) in [5.74, 6) is 0.527. The summed E-state index contributed by atoms with van der Waals surface area (Å²) in [6.07, 6.45) is 1.65. The van der Waals surface area contributed by atoms with Crippen LogP contribution in [0.4, 0.5) is 4.39 Å². The molecule has 2 aliphatic heterocycles. The molecule has 2 N–H and O–H groups in total. The number of nitrogens with one attached hydrogen (secondary N) is 2. The maximum atomic E-state index is 13.0. The molecule has 1 aromatic heterocycles. The minimum absolute atomic E-state index is 0.0377. The average molecular weight is 375 g/mol. The van der Waals surface area contributed by atoms with Crippen molar-refractivity contribution >= 4 is 17.2 Å². The number of carbonyl (C=O) groups excluding carboxylic acids is 1. The van der Waals surface area contributed by atoms with Crippen LogP contribution in [-0.4, -0.2) is 36.5 Å². The van der Waals surface area contributed by atoms with Gasteiger partial charge in [-0.2, -0.15) is 0 Å². The molecule has 1 aromatic carbocycles. The molecule has 7 heteroatoms. The lowest BCUT2D eigenvalue weighted by molar-refractivity contribution is -0.137. The number of ether oxygens (including phenoxy) is 1. The lowest BCUT2D eigenvalue weighted by atomic mass is 9.97. The van der Waals surface area contributed by atoms with Gasteiger partial charge in [-0.05, 0) is 35.7 Å². The highest BCUT2D eigenvalue weighted by molar-refractivity contribution is 7.10. The Balaban J connectivity index is 1.32. The molecule has 2 aliphatic rings. The topological polar surface area (TPSA) is 53.6 Å². The van der Waals surface area contributed by atoms with Gasteiger partial charge >= 0.3 is 0 Å². The fraction of sp³-hybridized carbons (Fsp3) is 0.421. The van der Waals surface area contributed by atoms with Gasteiger partial charge in [0.05, 0.1) is 12.0 Å². The van der Waals surface area contributed by atoms with Gasteiger partial charge in [0.15, 0.2) is 0 Å². The van der Waals surface area contributed by atoms with Crippen LogP contribution in [0.5, 0.6) is 5.75 Å². The number of amides is 1. The molecule has 2 unspecified atom stereocenters. The third kappa shape index (κ3) is 3.75. The molecule has 5 nitrogen and oxygen atoms in total. The first-order valence-corrected chi connectivity index (χ1v) is 9.81. The molecule has 2 aromatic rings. The van der Waals surface area contributed by atoms with Crippen LogP contribution in [0.25, 0.3) is 0 Å². The highest BCUT2D eigenvalue weighted by Crippen LogP contribution is 2.30. The normalized spacial score (nSPS) is 24.0. The number of thiophene rings is 1. The monoisotopic (exact) mass is 375 g/mol. The van der Waals surface area contributed by atoms with Crippen LogP contribution < -0.4 is 15.6 Å². The molecule has 26 heavy (non-hydrogen) atoms. The van der Waals surface area contributed by atoms with E-state index in [1.165, 1.54) is 17.0 Å². The van der Waals surface area contributed by atoms with Crippen LogP contribution in [0.3, 0.4) is 0 Å². The van der Waals surface area contributed by atoms with Crippen LogP contribution in [0.1, 0.15) is 23.8 Å². The Hall–Kier alpha value is -1.96. The molecule has 0 bridgehead atoms. The number of carbonyl (C=O) groups is 1. The number of nitrogens with zero attached hydrogens (tertiary/aromatic N) is 1. The summed E-state index contributed by atoms with van der Waals surface area (Å²) in [6.45, 7) is 2.03. The van der Waals surface area contributed by atoms with E-state index >= 15 is 0 Å². The van der Waals surface area contributed by atoms with Gasteiger partial charge in [0.25, 0.3) is 0 Å². The summed E-state index contributed by atoms with van der Waals surface area (Å²) in [5, 5.41) is 2.04. The van der Waals surface area contributed by atoms with Crippen LogP contribution in [0, 0.1) is 11.7 Å². The highest BCUT2D eigenvalue weighted by atomic mass is 32.1. The van der Waals surface area contributed by atoms with Crippen LogP contribution in [0.15, 0.2) is 41.8 Å². The summed E-state index contributed by atoms with van der Waals surface area (Å²) in [5.41, 5.74) is 6.36. The predicted octanol–water partition coefficient (Wildman–Crippen LogP) is 2.72. The number of benzene rings is 1. The lowest BCUT2D eigenvalue weighted by Gasteiger charge is -2.34. The fourth-order valence-corrected chi connectivity index (χ4v) is 4.44. The average Bonchev–Trinajstić information content (AvgIpc) is 3.35. The zero-order chi connectivity index (χ0) is 17.9. The van der Waals surface area contributed by atoms with E-state index in [9.17, 15) is 9.18 Å². The van der Waals surface area contributed by atoms with E-state index in [0.29, 0.717) is 25.4 Å². The van der Waals surface area contributed by atoms with Crippen molar-refractivity contribution in [1.82, 2.24) is 15.8 Å². The predicted molar refractivity (Wildman–Crippen MR) is 98.3 cm³/mol. The largest absolute Gasteiger partial charge is 0.490 e. The Morgan fingerprint density at radius 3 is 2.65 bits per heavy atom. The van der Waals surface area contributed by atoms with E-state index in [4.69, 9.17) is 4.74 Å². The van der Waals surface area contributed by atoms with E-state index in [0.717, 1.165) is 12.8 Å². The van der Waals surface area contributed by atoms with Gasteiger partial charge in [-0.15, -0.1) is 11.3 Å². The van der Waals surface area contributed by atoms with Gasteiger partial charge in [0, 0.05) is 37.4 Å². The summed E-state index contributed by atoms with van der Waals surface area (Å²) < 4.78 is 18.9. The van der Waals surface area contributed by atoms with E-state index in [1.54, 1.807) is 23.5 Å². The number of hydrogen-bond acceptors (Lipinski definition) is 5. The molecule has 0 spiro atoms. The second kappa shape index (κ2) is 7.73. The van der Waals surface area contributed by atoms with E-state index in [1.807, 2.05) is 16.3 Å². The third-order valence-corrected chi connectivity index (χ3v) is 5.97. The molecule has 0 radical (unpaired) electrons. The minimum atomic E-state index is -0.267. The summed E-state index contributed by atoms with van der Waals surface area (Å²) >= 11 is 1.67. The minimum Gasteiger partial charge on any atom is -0.490 e. The first kappa shape index (κ1) is 17.5. The van der Waals surface area contributed by atoms with Gasteiger partial charge in [-0.1, -0.05) is 6.07 Å². The molecule has 4 rings (SSSR count). The Bertz CT molecular complexity index is 730. The number of halogens is 1. The molecule has 2 atom stereocenters.